The largest absolute Gasteiger partial charge is 0.506 e. The van der Waals surface area contributed by atoms with Crippen molar-refractivity contribution in [3.63, 3.8) is 0 Å². The number of amides is 1. The van der Waals surface area contributed by atoms with Gasteiger partial charge in [0.25, 0.3) is 5.91 Å². The SMILES string of the molecule is O=C(Nc1ccc(O)c(Cl)c1)c1ccc2c(c1)OCCO2. The van der Waals surface area contributed by atoms with Gasteiger partial charge in [-0.15, -0.1) is 0 Å². The summed E-state index contributed by atoms with van der Waals surface area (Å²) in [5.41, 5.74) is 0.945. The second kappa shape index (κ2) is 5.54. The number of carbonyl (C=O) groups excluding carboxylic acids is 1. The highest BCUT2D eigenvalue weighted by molar-refractivity contribution is 6.32. The number of ether oxygens (including phenoxy) is 2. The molecule has 0 bridgehead atoms. The fraction of sp³-hybridized carbons (Fsp3) is 0.133. The van der Waals surface area contributed by atoms with E-state index in [4.69, 9.17) is 21.1 Å². The van der Waals surface area contributed by atoms with Crippen molar-refractivity contribution in [2.24, 2.45) is 0 Å². The average Bonchev–Trinajstić information content (AvgIpc) is 2.50. The van der Waals surface area contributed by atoms with Crippen LogP contribution in [0.15, 0.2) is 36.4 Å². The number of hydrogen-bond donors (Lipinski definition) is 2. The molecule has 0 aliphatic carbocycles. The lowest BCUT2D eigenvalue weighted by Gasteiger charge is -2.18. The minimum absolute atomic E-state index is 0.0333. The first-order valence-electron chi connectivity index (χ1n) is 6.33. The third-order valence-electron chi connectivity index (χ3n) is 3.01. The van der Waals surface area contributed by atoms with Crippen LogP contribution in [0.2, 0.25) is 5.02 Å². The molecular formula is C15H12ClNO4. The maximum atomic E-state index is 12.2. The van der Waals surface area contributed by atoms with Crippen LogP contribution in [-0.4, -0.2) is 24.2 Å². The summed E-state index contributed by atoms with van der Waals surface area (Å²) in [5, 5.41) is 12.2. The van der Waals surface area contributed by atoms with Gasteiger partial charge >= 0.3 is 0 Å². The van der Waals surface area contributed by atoms with Crippen molar-refractivity contribution in [3.8, 4) is 17.2 Å². The zero-order chi connectivity index (χ0) is 14.8. The van der Waals surface area contributed by atoms with Gasteiger partial charge in [-0.1, -0.05) is 11.6 Å². The van der Waals surface area contributed by atoms with Gasteiger partial charge in [0.2, 0.25) is 0 Å². The average molecular weight is 306 g/mol. The van der Waals surface area contributed by atoms with Gasteiger partial charge in [0.1, 0.15) is 19.0 Å². The number of hydrogen-bond acceptors (Lipinski definition) is 4. The van der Waals surface area contributed by atoms with Crippen molar-refractivity contribution in [1.29, 1.82) is 0 Å². The molecule has 1 aliphatic heterocycles. The molecule has 0 saturated heterocycles. The Morgan fingerprint density at radius 1 is 1.10 bits per heavy atom. The van der Waals surface area contributed by atoms with Crippen LogP contribution in [0.5, 0.6) is 17.2 Å². The van der Waals surface area contributed by atoms with Crippen LogP contribution in [0.3, 0.4) is 0 Å². The molecule has 21 heavy (non-hydrogen) atoms. The predicted molar refractivity (Wildman–Crippen MR) is 78.5 cm³/mol. The van der Waals surface area contributed by atoms with Crippen molar-refractivity contribution in [3.05, 3.63) is 47.0 Å². The zero-order valence-electron chi connectivity index (χ0n) is 10.9. The number of phenolic OH excluding ortho intramolecular Hbond substituents is 1. The quantitative estimate of drug-likeness (QED) is 0.837. The van der Waals surface area contributed by atoms with E-state index in [0.29, 0.717) is 36.0 Å². The fourth-order valence-corrected chi connectivity index (χ4v) is 2.15. The third-order valence-corrected chi connectivity index (χ3v) is 3.31. The lowest BCUT2D eigenvalue weighted by molar-refractivity contribution is 0.102. The Hall–Kier alpha value is -2.40. The van der Waals surface area contributed by atoms with E-state index in [2.05, 4.69) is 5.32 Å². The Labute approximate surface area is 126 Å². The zero-order valence-corrected chi connectivity index (χ0v) is 11.7. The van der Waals surface area contributed by atoms with Gasteiger partial charge in [0, 0.05) is 11.3 Å². The van der Waals surface area contributed by atoms with Crippen molar-refractivity contribution in [1.82, 2.24) is 0 Å². The second-order valence-corrected chi connectivity index (χ2v) is 4.89. The topological polar surface area (TPSA) is 67.8 Å². The standard InChI is InChI=1S/C15H12ClNO4/c16-11-8-10(2-3-12(11)18)17-15(19)9-1-4-13-14(7-9)21-6-5-20-13/h1-4,7-8,18H,5-6H2,(H,17,19). The van der Waals surface area contributed by atoms with E-state index >= 15 is 0 Å². The minimum atomic E-state index is -0.297. The molecular weight excluding hydrogens is 294 g/mol. The van der Waals surface area contributed by atoms with E-state index in [0.717, 1.165) is 0 Å². The first-order chi connectivity index (χ1) is 10.1. The van der Waals surface area contributed by atoms with Crippen LogP contribution in [0.1, 0.15) is 10.4 Å². The lowest BCUT2D eigenvalue weighted by Crippen LogP contribution is -2.17. The van der Waals surface area contributed by atoms with E-state index in [1.165, 1.54) is 12.1 Å². The summed E-state index contributed by atoms with van der Waals surface area (Å²) >= 11 is 5.80. The van der Waals surface area contributed by atoms with Crippen LogP contribution in [0.4, 0.5) is 5.69 Å². The first kappa shape index (κ1) is 13.6. The summed E-state index contributed by atoms with van der Waals surface area (Å²) in [6.07, 6.45) is 0. The molecule has 1 heterocycles. The number of rotatable bonds is 2. The summed E-state index contributed by atoms with van der Waals surface area (Å²) < 4.78 is 10.8. The molecule has 5 nitrogen and oxygen atoms in total. The van der Waals surface area contributed by atoms with Gasteiger partial charge in [-0.25, -0.2) is 0 Å². The van der Waals surface area contributed by atoms with Crippen LogP contribution in [0.25, 0.3) is 0 Å². The summed E-state index contributed by atoms with van der Waals surface area (Å²) in [4.78, 5) is 12.2. The van der Waals surface area contributed by atoms with E-state index in [1.807, 2.05) is 0 Å². The van der Waals surface area contributed by atoms with Crippen LogP contribution in [0, 0.1) is 0 Å². The van der Waals surface area contributed by atoms with Gasteiger partial charge in [-0.3, -0.25) is 4.79 Å². The molecule has 2 aromatic carbocycles. The van der Waals surface area contributed by atoms with E-state index in [-0.39, 0.29) is 16.7 Å². The molecule has 108 valence electrons. The van der Waals surface area contributed by atoms with Crippen LogP contribution < -0.4 is 14.8 Å². The highest BCUT2D eigenvalue weighted by atomic mass is 35.5. The van der Waals surface area contributed by atoms with Gasteiger partial charge in [-0.05, 0) is 36.4 Å². The minimum Gasteiger partial charge on any atom is -0.506 e. The molecule has 3 rings (SSSR count). The number of halogens is 1. The molecule has 0 aromatic heterocycles. The lowest BCUT2D eigenvalue weighted by atomic mass is 10.1. The van der Waals surface area contributed by atoms with Crippen LogP contribution in [-0.2, 0) is 0 Å². The van der Waals surface area contributed by atoms with Gasteiger partial charge in [0.15, 0.2) is 11.5 Å². The highest BCUT2D eigenvalue weighted by Crippen LogP contribution is 2.31. The van der Waals surface area contributed by atoms with Gasteiger partial charge in [0.05, 0.1) is 5.02 Å². The number of benzene rings is 2. The molecule has 0 unspecified atom stereocenters. The summed E-state index contributed by atoms with van der Waals surface area (Å²) in [5.74, 6) is 0.853. The van der Waals surface area contributed by atoms with Crippen molar-refractivity contribution in [2.75, 3.05) is 18.5 Å². The molecule has 0 atom stereocenters. The van der Waals surface area contributed by atoms with Gasteiger partial charge < -0.3 is 19.9 Å². The number of phenols is 1. The molecule has 1 aliphatic rings. The Morgan fingerprint density at radius 2 is 1.86 bits per heavy atom. The second-order valence-electron chi connectivity index (χ2n) is 4.48. The maximum absolute atomic E-state index is 12.2. The molecule has 6 heteroatoms. The highest BCUT2D eigenvalue weighted by Gasteiger charge is 2.15. The van der Waals surface area contributed by atoms with Crippen molar-refractivity contribution < 1.29 is 19.4 Å². The van der Waals surface area contributed by atoms with E-state index in [9.17, 15) is 9.90 Å². The van der Waals surface area contributed by atoms with Crippen molar-refractivity contribution in [2.45, 2.75) is 0 Å². The molecule has 0 spiro atoms. The summed E-state index contributed by atoms with van der Waals surface area (Å²) in [7, 11) is 0. The molecule has 0 saturated carbocycles. The fourth-order valence-electron chi connectivity index (χ4n) is 1.97. The Kier molecular flexibility index (Phi) is 3.58. The Balaban J connectivity index is 1.80. The summed E-state index contributed by atoms with van der Waals surface area (Å²) in [6, 6.07) is 9.45. The van der Waals surface area contributed by atoms with Crippen molar-refractivity contribution >= 4 is 23.2 Å². The molecule has 0 fully saturated rings. The monoisotopic (exact) mass is 305 g/mol. The number of nitrogens with one attached hydrogen (secondary N) is 1. The predicted octanol–water partition coefficient (Wildman–Crippen LogP) is 3.07. The van der Waals surface area contributed by atoms with E-state index < -0.39 is 0 Å². The number of anilines is 1. The van der Waals surface area contributed by atoms with E-state index in [1.54, 1.807) is 24.3 Å². The summed E-state index contributed by atoms with van der Waals surface area (Å²) in [6.45, 7) is 0.968. The van der Waals surface area contributed by atoms with Gasteiger partial charge in [-0.2, -0.15) is 0 Å². The smallest absolute Gasteiger partial charge is 0.255 e. The Bertz CT molecular complexity index is 702. The number of aromatic hydroxyl groups is 1. The normalized spacial score (nSPS) is 12.8. The Morgan fingerprint density at radius 3 is 2.62 bits per heavy atom. The molecule has 0 radical (unpaired) electrons. The first-order valence-corrected chi connectivity index (χ1v) is 6.71. The maximum Gasteiger partial charge on any atom is 0.255 e. The third kappa shape index (κ3) is 2.87. The molecule has 2 N–H and O–H groups in total. The number of fused-ring (bicyclic) bond motifs is 1. The molecule has 2 aromatic rings. The molecule has 1 amide bonds. The number of carbonyl (C=O) groups is 1. The van der Waals surface area contributed by atoms with Crippen LogP contribution >= 0.6 is 11.6 Å².